The average Bonchev–Trinajstić information content (AvgIpc) is 2.74. The van der Waals surface area contributed by atoms with E-state index in [2.05, 4.69) is 5.32 Å². The number of likely N-dealkylation sites (tertiary alicyclic amines) is 1. The number of nitrogens with zero attached hydrogens (tertiary/aromatic N) is 1. The highest BCUT2D eigenvalue weighted by Crippen LogP contribution is 2.21. The van der Waals surface area contributed by atoms with Crippen molar-refractivity contribution >= 4 is 17.9 Å². The number of hydrogen-bond donors (Lipinski definition) is 2. The van der Waals surface area contributed by atoms with Gasteiger partial charge in [0.05, 0.1) is 0 Å². The lowest BCUT2D eigenvalue weighted by Gasteiger charge is -2.30. The summed E-state index contributed by atoms with van der Waals surface area (Å²) in [6.45, 7) is 8.83. The molecule has 1 rings (SSSR count). The molecule has 0 aromatic heterocycles. The highest BCUT2D eigenvalue weighted by atomic mass is 16.6. The van der Waals surface area contributed by atoms with Crippen molar-refractivity contribution in [3.63, 3.8) is 0 Å². The van der Waals surface area contributed by atoms with Gasteiger partial charge in [0.1, 0.15) is 17.2 Å². The molecule has 1 atom stereocenters. The first-order valence-corrected chi connectivity index (χ1v) is 7.05. The maximum Gasteiger partial charge on any atom is 0.410 e. The van der Waals surface area contributed by atoms with Crippen LogP contribution in [0.1, 0.15) is 47.5 Å². The first kappa shape index (κ1) is 17.3. The van der Waals surface area contributed by atoms with Crippen LogP contribution in [-0.2, 0) is 14.3 Å². The molecule has 0 aromatic rings. The largest absolute Gasteiger partial charge is 0.444 e. The molecule has 0 aromatic carbocycles. The molecular weight excluding hydrogens is 274 g/mol. The third-order valence-electron chi connectivity index (χ3n) is 3.24. The van der Waals surface area contributed by atoms with Crippen molar-refractivity contribution in [2.24, 2.45) is 5.73 Å². The topological polar surface area (TPSA) is 102 Å². The molecule has 1 saturated heterocycles. The molecule has 0 aliphatic carbocycles. The van der Waals surface area contributed by atoms with Crippen LogP contribution in [0, 0.1) is 0 Å². The number of primary amides is 1. The van der Waals surface area contributed by atoms with Crippen molar-refractivity contribution in [3.8, 4) is 0 Å². The first-order valence-electron chi connectivity index (χ1n) is 7.05. The number of amides is 3. The molecule has 7 nitrogen and oxygen atoms in total. The molecular formula is C14H25N3O4. The first-order chi connectivity index (χ1) is 9.44. The van der Waals surface area contributed by atoms with Crippen molar-refractivity contribution in [2.45, 2.75) is 64.6 Å². The van der Waals surface area contributed by atoms with E-state index in [0.29, 0.717) is 19.4 Å². The minimum atomic E-state index is -1.15. The molecule has 0 bridgehead atoms. The highest BCUT2D eigenvalue weighted by molar-refractivity contribution is 5.93. The molecule has 21 heavy (non-hydrogen) atoms. The van der Waals surface area contributed by atoms with Crippen molar-refractivity contribution in [3.05, 3.63) is 0 Å². The molecule has 120 valence electrons. The lowest BCUT2D eigenvalue weighted by atomic mass is 10.0. The smallest absolute Gasteiger partial charge is 0.410 e. The number of hydrogen-bond acceptors (Lipinski definition) is 4. The minimum absolute atomic E-state index is 0.387. The van der Waals surface area contributed by atoms with E-state index in [0.717, 1.165) is 0 Å². The monoisotopic (exact) mass is 299 g/mol. The Kier molecular flexibility index (Phi) is 4.86. The second kappa shape index (κ2) is 5.91. The van der Waals surface area contributed by atoms with Crippen molar-refractivity contribution < 1.29 is 19.1 Å². The van der Waals surface area contributed by atoms with Crippen molar-refractivity contribution in [1.82, 2.24) is 10.2 Å². The molecule has 0 spiro atoms. The van der Waals surface area contributed by atoms with E-state index in [4.69, 9.17) is 10.5 Å². The third-order valence-corrected chi connectivity index (χ3v) is 3.24. The molecule has 1 aliphatic rings. The van der Waals surface area contributed by atoms with Crippen molar-refractivity contribution in [1.29, 1.82) is 0 Å². The summed E-state index contributed by atoms with van der Waals surface area (Å²) in [5.41, 5.74) is 3.46. The summed E-state index contributed by atoms with van der Waals surface area (Å²) in [7, 11) is 0. The lowest BCUT2D eigenvalue weighted by Crippen LogP contribution is -2.58. The maximum atomic E-state index is 12.3. The summed E-state index contributed by atoms with van der Waals surface area (Å²) < 4.78 is 5.29. The fourth-order valence-corrected chi connectivity index (χ4v) is 2.03. The highest BCUT2D eigenvalue weighted by Gasteiger charge is 2.39. The Bertz CT molecular complexity index is 440. The van der Waals surface area contributed by atoms with Gasteiger partial charge in [-0.1, -0.05) is 0 Å². The molecule has 7 heteroatoms. The number of nitrogens with one attached hydrogen (secondary N) is 1. The van der Waals surface area contributed by atoms with Crippen LogP contribution in [0.4, 0.5) is 4.79 Å². The van der Waals surface area contributed by atoms with Crippen LogP contribution in [-0.4, -0.2) is 46.5 Å². The number of carbonyl (C=O) groups is 3. The molecule has 0 saturated carbocycles. The Morgan fingerprint density at radius 1 is 1.19 bits per heavy atom. The molecule has 3 amide bonds. The fourth-order valence-electron chi connectivity index (χ4n) is 2.03. The molecule has 0 unspecified atom stereocenters. The van der Waals surface area contributed by atoms with E-state index in [9.17, 15) is 14.4 Å². The molecule has 3 N–H and O–H groups in total. The summed E-state index contributed by atoms with van der Waals surface area (Å²) in [5.74, 6) is -1.01. The van der Waals surface area contributed by atoms with E-state index in [1.54, 1.807) is 20.8 Å². The molecule has 0 radical (unpaired) electrons. The Balaban J connectivity index is 2.75. The van der Waals surface area contributed by atoms with Gasteiger partial charge in [-0.15, -0.1) is 0 Å². The lowest BCUT2D eigenvalue weighted by molar-refractivity contribution is -0.132. The zero-order valence-electron chi connectivity index (χ0n) is 13.4. The predicted octanol–water partition coefficient (Wildman–Crippen LogP) is 0.766. The molecule has 1 aliphatic heterocycles. The number of carbonyl (C=O) groups excluding carboxylic acids is 3. The van der Waals surface area contributed by atoms with Gasteiger partial charge in [0.2, 0.25) is 11.8 Å². The van der Waals surface area contributed by atoms with Gasteiger partial charge in [-0.25, -0.2) is 4.79 Å². The number of ether oxygens (including phenoxy) is 1. The van der Waals surface area contributed by atoms with E-state index >= 15 is 0 Å². The van der Waals surface area contributed by atoms with Gasteiger partial charge < -0.3 is 15.8 Å². The van der Waals surface area contributed by atoms with Gasteiger partial charge >= 0.3 is 6.09 Å². The zero-order chi connectivity index (χ0) is 16.4. The Labute approximate surface area is 125 Å². The van der Waals surface area contributed by atoms with E-state index < -0.39 is 29.2 Å². The second-order valence-electron chi connectivity index (χ2n) is 6.81. The predicted molar refractivity (Wildman–Crippen MR) is 77.4 cm³/mol. The summed E-state index contributed by atoms with van der Waals surface area (Å²) in [6, 6.07) is -0.626. The molecule has 1 fully saturated rings. The molecule has 1 heterocycles. The second-order valence-corrected chi connectivity index (χ2v) is 6.81. The quantitative estimate of drug-likeness (QED) is 0.803. The Morgan fingerprint density at radius 3 is 2.24 bits per heavy atom. The van der Waals surface area contributed by atoms with E-state index in [-0.39, 0.29) is 5.91 Å². The minimum Gasteiger partial charge on any atom is -0.444 e. The summed E-state index contributed by atoms with van der Waals surface area (Å²) in [4.78, 5) is 37.1. The number of rotatable bonds is 3. The summed E-state index contributed by atoms with van der Waals surface area (Å²) in [6.07, 6.45) is 0.742. The summed E-state index contributed by atoms with van der Waals surface area (Å²) >= 11 is 0. The number of nitrogens with two attached hydrogens (primary N) is 1. The maximum absolute atomic E-state index is 12.3. The standard InChI is InChI=1S/C14H25N3O4/c1-13(2,3)21-12(20)17-8-6-7-9(17)10(18)16-14(4,5)11(15)19/h9H,6-8H2,1-5H3,(H2,15,19)(H,16,18)/t9-/m0/s1. The zero-order valence-corrected chi connectivity index (χ0v) is 13.4. The van der Waals surface area contributed by atoms with Gasteiger partial charge in [-0.2, -0.15) is 0 Å². The van der Waals surface area contributed by atoms with Gasteiger partial charge in [-0.05, 0) is 47.5 Å². The van der Waals surface area contributed by atoms with Crippen LogP contribution in [0.5, 0.6) is 0 Å². The van der Waals surface area contributed by atoms with Crippen LogP contribution in [0.3, 0.4) is 0 Å². The average molecular weight is 299 g/mol. The van der Waals surface area contributed by atoms with E-state index in [1.807, 2.05) is 0 Å². The van der Waals surface area contributed by atoms with Gasteiger partial charge in [0.25, 0.3) is 0 Å². The van der Waals surface area contributed by atoms with Gasteiger partial charge in [0.15, 0.2) is 0 Å². The van der Waals surface area contributed by atoms with Crippen LogP contribution in [0.25, 0.3) is 0 Å². The van der Waals surface area contributed by atoms with Gasteiger partial charge in [-0.3, -0.25) is 14.5 Å². The van der Waals surface area contributed by atoms with E-state index in [1.165, 1.54) is 18.7 Å². The van der Waals surface area contributed by atoms with Gasteiger partial charge in [0, 0.05) is 6.54 Å². The Morgan fingerprint density at radius 2 is 1.76 bits per heavy atom. The van der Waals surface area contributed by atoms with Crippen LogP contribution in [0.2, 0.25) is 0 Å². The van der Waals surface area contributed by atoms with Crippen LogP contribution < -0.4 is 11.1 Å². The van der Waals surface area contributed by atoms with Crippen LogP contribution >= 0.6 is 0 Å². The van der Waals surface area contributed by atoms with Crippen molar-refractivity contribution in [2.75, 3.05) is 6.54 Å². The normalized spacial score (nSPS) is 19.3. The third kappa shape index (κ3) is 4.61. The summed E-state index contributed by atoms with van der Waals surface area (Å²) in [5, 5.41) is 2.58. The fraction of sp³-hybridized carbons (Fsp3) is 0.786. The Hall–Kier alpha value is -1.79. The van der Waals surface area contributed by atoms with Crippen LogP contribution in [0.15, 0.2) is 0 Å². The SMILES string of the molecule is CC(C)(C)OC(=O)N1CCC[C@H]1C(=O)NC(C)(C)C(N)=O.